The highest BCUT2D eigenvalue weighted by molar-refractivity contribution is 6.28. The number of halogens is 1. The largest absolute Gasteiger partial charge is 0.488 e. The van der Waals surface area contributed by atoms with Gasteiger partial charge < -0.3 is 10.5 Å². The van der Waals surface area contributed by atoms with E-state index in [1.807, 2.05) is 6.92 Å². The highest BCUT2D eigenvalue weighted by Gasteiger charge is 2.01. The molecule has 0 aliphatic carbocycles. The van der Waals surface area contributed by atoms with Crippen LogP contribution < -0.4 is 10.5 Å². The second-order valence-electron chi connectivity index (χ2n) is 1.82. The lowest BCUT2D eigenvalue weighted by molar-refractivity contribution is 0.339. The highest BCUT2D eigenvalue weighted by atomic mass is 35.5. The zero-order valence-electron chi connectivity index (χ0n) is 6.04. The molecule has 1 aromatic heterocycles. The fraction of sp³-hybridized carbons (Fsp3) is 0.333. The van der Waals surface area contributed by atoms with Crippen LogP contribution in [0, 0.1) is 0 Å². The van der Waals surface area contributed by atoms with Crippen molar-refractivity contribution in [2.75, 3.05) is 12.3 Å². The Bertz CT molecular complexity index is 254. The molecule has 0 aliphatic rings. The first-order valence-electron chi connectivity index (χ1n) is 3.15. The van der Waals surface area contributed by atoms with Crippen molar-refractivity contribution in [1.82, 2.24) is 9.97 Å². The number of ether oxygens (including phenoxy) is 1. The molecule has 1 aromatic rings. The molecular formula is C6H8ClN3O. The molecule has 0 saturated heterocycles. The minimum Gasteiger partial charge on any atom is -0.488 e. The summed E-state index contributed by atoms with van der Waals surface area (Å²) in [7, 11) is 0. The van der Waals surface area contributed by atoms with Crippen LogP contribution in [0.5, 0.6) is 5.75 Å². The maximum atomic E-state index is 5.46. The van der Waals surface area contributed by atoms with Gasteiger partial charge in [-0.05, 0) is 18.5 Å². The summed E-state index contributed by atoms with van der Waals surface area (Å²) >= 11 is 5.46. The molecule has 5 heteroatoms. The molecule has 0 saturated carbocycles. The van der Waals surface area contributed by atoms with E-state index in [2.05, 4.69) is 9.97 Å². The molecule has 4 nitrogen and oxygen atoms in total. The van der Waals surface area contributed by atoms with E-state index in [9.17, 15) is 0 Å². The lowest BCUT2D eigenvalue weighted by atomic mass is 10.5. The Kier molecular flexibility index (Phi) is 2.48. The van der Waals surface area contributed by atoms with Crippen molar-refractivity contribution in [2.24, 2.45) is 0 Å². The van der Waals surface area contributed by atoms with Gasteiger partial charge in [-0.25, -0.2) is 4.98 Å². The molecule has 0 radical (unpaired) electrons. The molecule has 0 aliphatic heterocycles. The highest BCUT2D eigenvalue weighted by Crippen LogP contribution is 2.18. The van der Waals surface area contributed by atoms with Crippen LogP contribution in [0.2, 0.25) is 5.28 Å². The number of nitrogen functional groups attached to an aromatic ring is 1. The summed E-state index contributed by atoms with van der Waals surface area (Å²) in [6, 6.07) is 0. The molecule has 60 valence electrons. The fourth-order valence-electron chi connectivity index (χ4n) is 0.628. The molecule has 1 rings (SSSR count). The first kappa shape index (κ1) is 8.07. The van der Waals surface area contributed by atoms with Crippen molar-refractivity contribution >= 4 is 17.4 Å². The van der Waals surface area contributed by atoms with E-state index in [-0.39, 0.29) is 11.1 Å². The zero-order chi connectivity index (χ0) is 8.27. The van der Waals surface area contributed by atoms with Crippen molar-refractivity contribution in [3.05, 3.63) is 11.5 Å². The van der Waals surface area contributed by atoms with Gasteiger partial charge in [0.15, 0.2) is 11.6 Å². The van der Waals surface area contributed by atoms with Gasteiger partial charge in [0.2, 0.25) is 5.28 Å². The van der Waals surface area contributed by atoms with E-state index in [4.69, 9.17) is 22.1 Å². The van der Waals surface area contributed by atoms with Crippen molar-refractivity contribution in [3.8, 4) is 5.75 Å². The Morgan fingerprint density at radius 3 is 3.00 bits per heavy atom. The smallest absolute Gasteiger partial charge is 0.224 e. The number of anilines is 1. The molecule has 2 N–H and O–H groups in total. The SMILES string of the molecule is CCOc1cnc(Cl)nc1N. The summed E-state index contributed by atoms with van der Waals surface area (Å²) in [4.78, 5) is 7.41. The van der Waals surface area contributed by atoms with Crippen LogP contribution >= 0.6 is 11.6 Å². The molecule has 0 unspecified atom stereocenters. The van der Waals surface area contributed by atoms with Crippen LogP contribution in [-0.4, -0.2) is 16.6 Å². The third-order valence-electron chi connectivity index (χ3n) is 1.05. The van der Waals surface area contributed by atoms with Crippen molar-refractivity contribution in [2.45, 2.75) is 6.92 Å². The maximum Gasteiger partial charge on any atom is 0.224 e. The summed E-state index contributed by atoms with van der Waals surface area (Å²) in [5, 5.41) is 0.131. The summed E-state index contributed by atoms with van der Waals surface area (Å²) in [6.07, 6.45) is 1.45. The predicted molar refractivity (Wildman–Crippen MR) is 42.6 cm³/mol. The van der Waals surface area contributed by atoms with Gasteiger partial charge >= 0.3 is 0 Å². The van der Waals surface area contributed by atoms with Crippen molar-refractivity contribution in [1.29, 1.82) is 0 Å². The number of rotatable bonds is 2. The molecule has 0 spiro atoms. The van der Waals surface area contributed by atoms with E-state index < -0.39 is 0 Å². The van der Waals surface area contributed by atoms with Gasteiger partial charge in [0, 0.05) is 0 Å². The summed E-state index contributed by atoms with van der Waals surface area (Å²) in [5.41, 5.74) is 5.45. The van der Waals surface area contributed by atoms with Gasteiger partial charge in [-0.1, -0.05) is 0 Å². The van der Waals surface area contributed by atoms with Crippen LogP contribution in [0.3, 0.4) is 0 Å². The Morgan fingerprint density at radius 1 is 1.73 bits per heavy atom. The van der Waals surface area contributed by atoms with Crippen molar-refractivity contribution < 1.29 is 4.74 Å². The Labute approximate surface area is 69.4 Å². The second kappa shape index (κ2) is 3.39. The Hall–Kier alpha value is -1.03. The topological polar surface area (TPSA) is 61.0 Å². The van der Waals surface area contributed by atoms with E-state index in [1.165, 1.54) is 6.20 Å². The number of aromatic nitrogens is 2. The third-order valence-corrected chi connectivity index (χ3v) is 1.24. The maximum absolute atomic E-state index is 5.46. The molecule has 0 amide bonds. The van der Waals surface area contributed by atoms with E-state index in [0.717, 1.165) is 0 Å². The summed E-state index contributed by atoms with van der Waals surface area (Å²) < 4.78 is 5.08. The van der Waals surface area contributed by atoms with E-state index >= 15 is 0 Å². The van der Waals surface area contributed by atoms with Crippen LogP contribution in [0.1, 0.15) is 6.92 Å². The average molecular weight is 174 g/mol. The Balaban J connectivity index is 2.90. The van der Waals surface area contributed by atoms with Gasteiger partial charge in [0.05, 0.1) is 12.8 Å². The lowest BCUT2D eigenvalue weighted by Gasteiger charge is -2.03. The molecule has 1 heterocycles. The second-order valence-corrected chi connectivity index (χ2v) is 2.16. The number of nitrogens with two attached hydrogens (primary N) is 1. The minimum atomic E-state index is 0.131. The van der Waals surface area contributed by atoms with Gasteiger partial charge in [0.25, 0.3) is 0 Å². The number of nitrogens with zero attached hydrogens (tertiary/aromatic N) is 2. The molecular weight excluding hydrogens is 166 g/mol. The van der Waals surface area contributed by atoms with Gasteiger partial charge in [-0.3, -0.25) is 0 Å². The molecule has 0 aromatic carbocycles. The first-order valence-corrected chi connectivity index (χ1v) is 3.52. The monoisotopic (exact) mass is 173 g/mol. The molecule has 0 fully saturated rings. The average Bonchev–Trinajstić information content (AvgIpc) is 1.95. The summed E-state index contributed by atoms with van der Waals surface area (Å²) in [6.45, 7) is 2.39. The minimum absolute atomic E-state index is 0.131. The quantitative estimate of drug-likeness (QED) is 0.681. The van der Waals surface area contributed by atoms with Gasteiger partial charge in [0.1, 0.15) is 0 Å². The molecule has 0 bridgehead atoms. The molecule has 0 atom stereocenters. The van der Waals surface area contributed by atoms with E-state index in [0.29, 0.717) is 12.4 Å². The predicted octanol–water partition coefficient (Wildman–Crippen LogP) is 1.11. The third kappa shape index (κ3) is 1.94. The Morgan fingerprint density at radius 2 is 2.45 bits per heavy atom. The van der Waals surface area contributed by atoms with E-state index in [1.54, 1.807) is 0 Å². The van der Waals surface area contributed by atoms with Crippen LogP contribution in [0.25, 0.3) is 0 Å². The van der Waals surface area contributed by atoms with Crippen LogP contribution in [-0.2, 0) is 0 Å². The van der Waals surface area contributed by atoms with Crippen LogP contribution in [0.4, 0.5) is 5.82 Å². The number of hydrogen-bond donors (Lipinski definition) is 1. The fourth-order valence-corrected chi connectivity index (χ4v) is 0.768. The lowest BCUT2D eigenvalue weighted by Crippen LogP contribution is -2.00. The normalized spacial score (nSPS) is 9.64. The summed E-state index contributed by atoms with van der Waals surface area (Å²) in [5.74, 6) is 0.740. The van der Waals surface area contributed by atoms with Crippen LogP contribution in [0.15, 0.2) is 6.20 Å². The van der Waals surface area contributed by atoms with Gasteiger partial charge in [-0.2, -0.15) is 4.98 Å². The number of hydrogen-bond acceptors (Lipinski definition) is 4. The van der Waals surface area contributed by atoms with Gasteiger partial charge in [-0.15, -0.1) is 0 Å². The standard InChI is InChI=1S/C6H8ClN3O/c1-2-11-4-3-9-6(7)10-5(4)8/h3H,2H2,1H3,(H2,8,9,10). The zero-order valence-corrected chi connectivity index (χ0v) is 6.80. The first-order chi connectivity index (χ1) is 5.24. The van der Waals surface area contributed by atoms with Crippen molar-refractivity contribution in [3.63, 3.8) is 0 Å². The molecule has 11 heavy (non-hydrogen) atoms.